The van der Waals surface area contributed by atoms with E-state index in [-0.39, 0.29) is 31.6 Å². The number of aliphatic hydroxyl groups excluding tert-OH is 1. The molecule has 0 bridgehead atoms. The Morgan fingerprint density at radius 1 is 1.13 bits per heavy atom. The van der Waals surface area contributed by atoms with E-state index < -0.39 is 11.8 Å². The number of aromatic nitrogens is 2. The molecule has 0 spiro atoms. The molecule has 1 atom stereocenters. The summed E-state index contributed by atoms with van der Waals surface area (Å²) in [5, 5.41) is 24.5. The van der Waals surface area contributed by atoms with Crippen LogP contribution in [0.15, 0.2) is 48.5 Å². The maximum atomic E-state index is 15.7. The molecule has 0 amide bonds. The molecular formula is C30H29Cl2FN2O4. The molecule has 0 unspecified atom stereocenters. The van der Waals surface area contributed by atoms with Crippen LogP contribution in [0.2, 0.25) is 10.0 Å². The van der Waals surface area contributed by atoms with Crippen LogP contribution in [0.3, 0.4) is 0 Å². The second-order valence-corrected chi connectivity index (χ2v) is 11.0. The van der Waals surface area contributed by atoms with E-state index in [2.05, 4.69) is 0 Å². The zero-order valence-corrected chi connectivity index (χ0v) is 23.0. The normalized spacial score (nSPS) is 14.7. The summed E-state index contributed by atoms with van der Waals surface area (Å²) in [6.45, 7) is 1.73. The lowest BCUT2D eigenvalue weighted by Gasteiger charge is -2.13. The van der Waals surface area contributed by atoms with E-state index in [4.69, 9.17) is 38.1 Å². The molecule has 1 aliphatic carbocycles. The number of benzene rings is 3. The van der Waals surface area contributed by atoms with Gasteiger partial charge in [0.15, 0.2) is 0 Å². The van der Waals surface area contributed by atoms with Gasteiger partial charge in [0.1, 0.15) is 23.9 Å². The number of aliphatic hydroxyl groups is 1. The fourth-order valence-electron chi connectivity index (χ4n) is 5.32. The Labute approximate surface area is 235 Å². The smallest absolute Gasteiger partial charge is 0.303 e. The topological polar surface area (TPSA) is 84.6 Å². The zero-order chi connectivity index (χ0) is 27.7. The predicted molar refractivity (Wildman–Crippen MR) is 150 cm³/mol. The lowest BCUT2D eigenvalue weighted by Crippen LogP contribution is -2.07. The molecule has 2 N–H and O–H groups in total. The van der Waals surface area contributed by atoms with E-state index in [1.807, 2.05) is 29.8 Å². The maximum Gasteiger partial charge on any atom is 0.303 e. The standard InChI is InChI=1S/C30H29Cl2FN2O4/c1-17(10-28(37)38)19-6-8-22(9-7-19)39-16-18-11-26(33)29-27(12-18)35(21-4-2-3-5-21)34-30(29)20-13-24(31)23(15-36)25(32)14-20/h6-9,11-14,17,21,36H,2-5,10,15-16H2,1H3,(H,37,38)/t17-/m0/s1. The first-order valence-electron chi connectivity index (χ1n) is 13.0. The Hall–Kier alpha value is -3.13. The molecule has 1 fully saturated rings. The molecule has 1 aromatic heterocycles. The van der Waals surface area contributed by atoms with Crippen molar-refractivity contribution in [1.82, 2.24) is 9.78 Å². The van der Waals surface area contributed by atoms with Crippen molar-refractivity contribution in [2.75, 3.05) is 0 Å². The minimum Gasteiger partial charge on any atom is -0.489 e. The van der Waals surface area contributed by atoms with E-state index in [0.29, 0.717) is 49.1 Å². The van der Waals surface area contributed by atoms with Crippen LogP contribution in [0, 0.1) is 5.82 Å². The first-order valence-corrected chi connectivity index (χ1v) is 13.7. The van der Waals surface area contributed by atoms with E-state index >= 15 is 4.39 Å². The minimum absolute atomic E-state index is 0.0557. The Morgan fingerprint density at radius 3 is 2.41 bits per heavy atom. The number of ether oxygens (including phenoxy) is 1. The predicted octanol–water partition coefficient (Wildman–Crippen LogP) is 7.91. The van der Waals surface area contributed by atoms with Gasteiger partial charge < -0.3 is 14.9 Å². The van der Waals surface area contributed by atoms with Crippen molar-refractivity contribution in [3.63, 3.8) is 0 Å². The van der Waals surface area contributed by atoms with Gasteiger partial charge in [-0.1, -0.05) is 55.1 Å². The first-order chi connectivity index (χ1) is 18.7. The van der Waals surface area contributed by atoms with Crippen LogP contribution in [-0.4, -0.2) is 26.0 Å². The Balaban J connectivity index is 1.47. The molecule has 39 heavy (non-hydrogen) atoms. The van der Waals surface area contributed by atoms with Crippen LogP contribution in [0.5, 0.6) is 5.75 Å². The summed E-state index contributed by atoms with van der Waals surface area (Å²) >= 11 is 12.7. The Kier molecular flexibility index (Phi) is 8.12. The molecule has 0 radical (unpaired) electrons. The average Bonchev–Trinajstić information content (AvgIpc) is 3.56. The number of carboxylic acids is 1. The number of nitrogens with zero attached hydrogens (tertiary/aromatic N) is 2. The molecule has 0 saturated heterocycles. The number of fused-ring (bicyclic) bond motifs is 1. The number of rotatable bonds is 9. The SMILES string of the molecule is C[C@@H](CC(=O)O)c1ccc(OCc2cc(F)c3c(-c4cc(Cl)c(CO)c(Cl)c4)nn(C4CCCC4)c3c2)cc1. The molecule has 6 nitrogen and oxygen atoms in total. The summed E-state index contributed by atoms with van der Waals surface area (Å²) in [4.78, 5) is 11.0. The monoisotopic (exact) mass is 570 g/mol. The highest BCUT2D eigenvalue weighted by atomic mass is 35.5. The van der Waals surface area contributed by atoms with Gasteiger partial charge in [-0.15, -0.1) is 0 Å². The van der Waals surface area contributed by atoms with Gasteiger partial charge in [-0.25, -0.2) is 4.39 Å². The molecule has 1 aliphatic rings. The van der Waals surface area contributed by atoms with Crippen molar-refractivity contribution in [3.05, 3.63) is 81.1 Å². The molecule has 3 aromatic carbocycles. The second-order valence-electron chi connectivity index (χ2n) is 10.1. The number of carbonyl (C=O) groups is 1. The first kappa shape index (κ1) is 27.4. The lowest BCUT2D eigenvalue weighted by molar-refractivity contribution is -0.137. The fraction of sp³-hybridized carbons (Fsp3) is 0.333. The minimum atomic E-state index is -0.839. The Morgan fingerprint density at radius 2 is 1.79 bits per heavy atom. The van der Waals surface area contributed by atoms with E-state index in [9.17, 15) is 9.90 Å². The van der Waals surface area contributed by atoms with Gasteiger partial charge >= 0.3 is 5.97 Å². The van der Waals surface area contributed by atoms with Crippen LogP contribution in [-0.2, 0) is 18.0 Å². The van der Waals surface area contributed by atoms with Crippen LogP contribution in [0.25, 0.3) is 22.2 Å². The van der Waals surface area contributed by atoms with Crippen molar-refractivity contribution in [1.29, 1.82) is 0 Å². The summed E-state index contributed by atoms with van der Waals surface area (Å²) in [7, 11) is 0. The van der Waals surface area contributed by atoms with Gasteiger partial charge in [0.05, 0.1) is 30.0 Å². The van der Waals surface area contributed by atoms with Crippen LogP contribution >= 0.6 is 23.2 Å². The van der Waals surface area contributed by atoms with Gasteiger partial charge in [-0.3, -0.25) is 9.48 Å². The molecule has 204 valence electrons. The molecule has 9 heteroatoms. The van der Waals surface area contributed by atoms with E-state index in [0.717, 1.165) is 31.2 Å². The number of hydrogen-bond acceptors (Lipinski definition) is 4. The quantitative estimate of drug-likeness (QED) is 0.213. The molecule has 0 aliphatic heterocycles. The van der Waals surface area contributed by atoms with Crippen molar-refractivity contribution < 1.29 is 24.1 Å². The highest BCUT2D eigenvalue weighted by Gasteiger charge is 2.25. The average molecular weight is 571 g/mol. The number of halogens is 3. The van der Waals surface area contributed by atoms with Gasteiger partial charge in [-0.2, -0.15) is 5.10 Å². The van der Waals surface area contributed by atoms with Gasteiger partial charge in [-0.05, 0) is 66.3 Å². The largest absolute Gasteiger partial charge is 0.489 e. The molecule has 1 saturated carbocycles. The summed E-state index contributed by atoms with van der Waals surface area (Å²) in [6, 6.07) is 14.2. The molecular weight excluding hydrogens is 542 g/mol. The Bertz CT molecular complexity index is 1490. The highest BCUT2D eigenvalue weighted by molar-refractivity contribution is 6.36. The van der Waals surface area contributed by atoms with Crippen molar-refractivity contribution in [2.24, 2.45) is 0 Å². The summed E-state index contributed by atoms with van der Waals surface area (Å²) in [5.74, 6) is -0.752. The fourth-order valence-corrected chi connectivity index (χ4v) is 5.92. The summed E-state index contributed by atoms with van der Waals surface area (Å²) in [5.41, 5.74) is 3.74. The second kappa shape index (κ2) is 11.5. The third-order valence-corrected chi connectivity index (χ3v) is 8.07. The highest BCUT2D eigenvalue weighted by Crippen LogP contribution is 2.39. The zero-order valence-electron chi connectivity index (χ0n) is 21.5. The maximum absolute atomic E-state index is 15.7. The van der Waals surface area contributed by atoms with Gasteiger partial charge in [0, 0.05) is 21.2 Å². The van der Waals surface area contributed by atoms with E-state index in [1.54, 1.807) is 24.3 Å². The van der Waals surface area contributed by atoms with Crippen LogP contribution in [0.4, 0.5) is 4.39 Å². The molecule has 4 aromatic rings. The van der Waals surface area contributed by atoms with Gasteiger partial charge in [0.2, 0.25) is 0 Å². The lowest BCUT2D eigenvalue weighted by atomic mass is 9.98. The van der Waals surface area contributed by atoms with Crippen molar-refractivity contribution in [2.45, 2.75) is 64.2 Å². The third-order valence-electron chi connectivity index (χ3n) is 7.40. The molecule has 5 rings (SSSR count). The van der Waals surface area contributed by atoms with Crippen molar-refractivity contribution in [3.8, 4) is 17.0 Å². The number of aliphatic carboxylic acids is 1. The summed E-state index contributed by atoms with van der Waals surface area (Å²) < 4.78 is 23.6. The van der Waals surface area contributed by atoms with Crippen molar-refractivity contribution >= 4 is 40.1 Å². The van der Waals surface area contributed by atoms with Crippen LogP contribution < -0.4 is 4.74 Å². The number of hydrogen-bond donors (Lipinski definition) is 2. The van der Waals surface area contributed by atoms with Crippen LogP contribution in [0.1, 0.15) is 67.7 Å². The van der Waals surface area contributed by atoms with Gasteiger partial charge in [0.25, 0.3) is 0 Å². The number of carboxylic acid groups (broad SMARTS) is 1. The van der Waals surface area contributed by atoms with E-state index in [1.165, 1.54) is 6.07 Å². The summed E-state index contributed by atoms with van der Waals surface area (Å²) in [6.07, 6.45) is 4.18. The third kappa shape index (κ3) is 5.76. The molecule has 1 heterocycles.